The van der Waals surface area contributed by atoms with E-state index in [0.29, 0.717) is 10.0 Å². The van der Waals surface area contributed by atoms with E-state index in [1.807, 2.05) is 18.2 Å². The molecule has 0 amide bonds. The van der Waals surface area contributed by atoms with Gasteiger partial charge in [0.25, 0.3) is 0 Å². The molecule has 2 unspecified atom stereocenters. The number of hydrogen-bond donors (Lipinski definition) is 0. The molecule has 0 aromatic heterocycles. The van der Waals surface area contributed by atoms with Crippen molar-refractivity contribution in [3.8, 4) is 0 Å². The molecular formula is C19H32Cl2O3Si. The van der Waals surface area contributed by atoms with Crippen molar-refractivity contribution in [1.29, 1.82) is 0 Å². The molecule has 0 aliphatic carbocycles. The van der Waals surface area contributed by atoms with E-state index in [1.54, 1.807) is 7.11 Å². The third kappa shape index (κ3) is 5.95. The summed E-state index contributed by atoms with van der Waals surface area (Å²) >= 11 is 12.9. The maximum absolute atomic E-state index is 6.73. The van der Waals surface area contributed by atoms with E-state index >= 15 is 0 Å². The predicted octanol–water partition coefficient (Wildman–Crippen LogP) is 6.70. The molecule has 1 aromatic rings. The standard InChI is InChI=1S/C19H32Cl2O3Si/c1-13(2)17(24-25(7,8)19(3,4)5)18(23-12-22-6)16-14(20)10-9-11-15(16)21/h9-11,13,17-18H,12H2,1-8H3. The van der Waals surface area contributed by atoms with Gasteiger partial charge in [-0.2, -0.15) is 0 Å². The van der Waals surface area contributed by atoms with Crippen molar-refractivity contribution in [1.82, 2.24) is 0 Å². The summed E-state index contributed by atoms with van der Waals surface area (Å²) in [5.41, 5.74) is 0.764. The molecule has 0 N–H and O–H groups in total. The van der Waals surface area contributed by atoms with Gasteiger partial charge in [0.15, 0.2) is 8.32 Å². The topological polar surface area (TPSA) is 27.7 Å². The Kier molecular flexibility index (Phi) is 8.44. The molecule has 25 heavy (non-hydrogen) atoms. The average molecular weight is 407 g/mol. The molecule has 0 bridgehead atoms. The number of rotatable bonds is 8. The minimum absolute atomic E-state index is 0.0935. The first-order valence-electron chi connectivity index (χ1n) is 8.64. The van der Waals surface area contributed by atoms with Gasteiger partial charge >= 0.3 is 0 Å². The molecule has 0 spiro atoms. The molecule has 0 saturated heterocycles. The molecule has 144 valence electrons. The minimum atomic E-state index is -2.01. The van der Waals surface area contributed by atoms with Crippen molar-refractivity contribution in [3.05, 3.63) is 33.8 Å². The molecule has 1 aromatic carbocycles. The Morgan fingerprint density at radius 3 is 2.00 bits per heavy atom. The zero-order chi connectivity index (χ0) is 19.4. The molecule has 0 saturated carbocycles. The lowest BCUT2D eigenvalue weighted by atomic mass is 9.96. The third-order valence-corrected chi connectivity index (χ3v) is 9.97. The van der Waals surface area contributed by atoms with E-state index in [9.17, 15) is 0 Å². The Labute approximate surface area is 164 Å². The zero-order valence-corrected chi connectivity index (χ0v) is 19.2. The highest BCUT2D eigenvalue weighted by atomic mass is 35.5. The van der Waals surface area contributed by atoms with Gasteiger partial charge < -0.3 is 13.9 Å². The van der Waals surface area contributed by atoms with Crippen LogP contribution in [-0.2, 0) is 13.9 Å². The third-order valence-electron chi connectivity index (χ3n) is 4.84. The number of ether oxygens (including phenoxy) is 2. The molecule has 0 fully saturated rings. The molecule has 1 rings (SSSR count). The first-order valence-corrected chi connectivity index (χ1v) is 12.3. The molecule has 6 heteroatoms. The van der Waals surface area contributed by atoms with Crippen molar-refractivity contribution in [2.75, 3.05) is 13.9 Å². The van der Waals surface area contributed by atoms with Crippen LogP contribution in [0.15, 0.2) is 18.2 Å². The fraction of sp³-hybridized carbons (Fsp3) is 0.684. The number of hydrogen-bond acceptors (Lipinski definition) is 3. The number of benzene rings is 1. The van der Waals surface area contributed by atoms with E-state index in [2.05, 4.69) is 47.7 Å². The van der Waals surface area contributed by atoms with Crippen molar-refractivity contribution in [3.63, 3.8) is 0 Å². The maximum Gasteiger partial charge on any atom is 0.192 e. The molecule has 0 aliphatic heterocycles. The smallest absolute Gasteiger partial charge is 0.192 e. The quantitative estimate of drug-likeness (QED) is 0.354. The molecule has 0 heterocycles. The Hall–Kier alpha value is -0.103. The Morgan fingerprint density at radius 1 is 1.08 bits per heavy atom. The molecule has 2 atom stereocenters. The second-order valence-electron chi connectivity index (χ2n) is 8.22. The maximum atomic E-state index is 6.73. The molecular weight excluding hydrogens is 375 g/mol. The van der Waals surface area contributed by atoms with E-state index in [4.69, 9.17) is 37.1 Å². The second kappa shape index (κ2) is 9.20. The van der Waals surface area contributed by atoms with Crippen LogP contribution >= 0.6 is 23.2 Å². The van der Waals surface area contributed by atoms with Gasteiger partial charge in [-0.1, -0.05) is 63.9 Å². The van der Waals surface area contributed by atoms with Crippen LogP contribution in [-0.4, -0.2) is 28.3 Å². The highest BCUT2D eigenvalue weighted by Gasteiger charge is 2.42. The van der Waals surface area contributed by atoms with E-state index < -0.39 is 14.4 Å². The Bertz CT molecular complexity index is 536. The lowest BCUT2D eigenvalue weighted by molar-refractivity contribution is -0.120. The first-order chi connectivity index (χ1) is 11.4. The van der Waals surface area contributed by atoms with Gasteiger partial charge in [-0.3, -0.25) is 0 Å². The summed E-state index contributed by atoms with van der Waals surface area (Å²) < 4.78 is 17.9. The van der Waals surface area contributed by atoms with Gasteiger partial charge in [-0.25, -0.2) is 0 Å². The lowest BCUT2D eigenvalue weighted by Crippen LogP contribution is -2.47. The van der Waals surface area contributed by atoms with Crippen LogP contribution in [0.3, 0.4) is 0 Å². The van der Waals surface area contributed by atoms with Gasteiger partial charge in [-0.05, 0) is 36.2 Å². The van der Waals surface area contributed by atoms with Crippen molar-refractivity contribution in [2.45, 2.75) is 65.0 Å². The Morgan fingerprint density at radius 2 is 1.60 bits per heavy atom. The molecule has 3 nitrogen and oxygen atoms in total. The van der Waals surface area contributed by atoms with Crippen LogP contribution in [0, 0.1) is 5.92 Å². The average Bonchev–Trinajstić information content (AvgIpc) is 2.46. The van der Waals surface area contributed by atoms with Crippen LogP contribution in [0.5, 0.6) is 0 Å². The van der Waals surface area contributed by atoms with Crippen molar-refractivity contribution >= 4 is 31.5 Å². The lowest BCUT2D eigenvalue weighted by Gasteiger charge is -2.43. The monoisotopic (exact) mass is 406 g/mol. The van der Waals surface area contributed by atoms with Crippen LogP contribution in [0.25, 0.3) is 0 Å². The van der Waals surface area contributed by atoms with E-state index in [0.717, 1.165) is 5.56 Å². The zero-order valence-electron chi connectivity index (χ0n) is 16.7. The second-order valence-corrected chi connectivity index (χ2v) is 13.8. The normalized spacial score (nSPS) is 15.5. The van der Waals surface area contributed by atoms with Crippen LogP contribution in [0.4, 0.5) is 0 Å². The fourth-order valence-corrected chi connectivity index (χ4v) is 4.37. The summed E-state index contributed by atoms with van der Waals surface area (Å²) in [6.45, 7) is 15.6. The van der Waals surface area contributed by atoms with Gasteiger partial charge in [0.05, 0.1) is 6.10 Å². The molecule has 0 radical (unpaired) electrons. The Balaban J connectivity index is 3.33. The summed E-state index contributed by atoms with van der Waals surface area (Å²) in [5, 5.41) is 1.26. The van der Waals surface area contributed by atoms with Crippen molar-refractivity contribution in [2.24, 2.45) is 5.92 Å². The summed E-state index contributed by atoms with van der Waals surface area (Å²) in [5.74, 6) is 0.225. The minimum Gasteiger partial charge on any atom is -0.411 e. The first kappa shape index (κ1) is 22.9. The van der Waals surface area contributed by atoms with Gasteiger partial charge in [0.2, 0.25) is 0 Å². The van der Waals surface area contributed by atoms with Crippen LogP contribution < -0.4 is 0 Å². The summed E-state index contributed by atoms with van der Waals surface area (Å²) in [6.07, 6.45) is -0.566. The fourth-order valence-electron chi connectivity index (χ4n) is 2.33. The highest BCUT2D eigenvalue weighted by molar-refractivity contribution is 6.74. The number of halogens is 2. The van der Waals surface area contributed by atoms with Gasteiger partial charge in [-0.15, -0.1) is 0 Å². The summed E-state index contributed by atoms with van der Waals surface area (Å²) in [7, 11) is -0.406. The van der Waals surface area contributed by atoms with E-state index in [-0.39, 0.29) is 23.9 Å². The molecule has 0 aliphatic rings. The van der Waals surface area contributed by atoms with Gasteiger partial charge in [0.1, 0.15) is 12.9 Å². The van der Waals surface area contributed by atoms with Crippen LogP contribution in [0.2, 0.25) is 28.2 Å². The van der Waals surface area contributed by atoms with E-state index in [1.165, 1.54) is 0 Å². The predicted molar refractivity (Wildman–Crippen MR) is 109 cm³/mol. The SMILES string of the molecule is COCOC(c1c(Cl)cccc1Cl)C(O[Si](C)(C)C(C)(C)C)C(C)C. The van der Waals surface area contributed by atoms with Crippen LogP contribution in [0.1, 0.15) is 46.3 Å². The number of methoxy groups -OCH3 is 1. The van der Waals surface area contributed by atoms with Crippen molar-refractivity contribution < 1.29 is 13.9 Å². The van der Waals surface area contributed by atoms with Gasteiger partial charge in [0, 0.05) is 22.7 Å². The summed E-state index contributed by atoms with van der Waals surface area (Å²) in [4.78, 5) is 0. The summed E-state index contributed by atoms with van der Waals surface area (Å²) in [6, 6.07) is 5.49. The highest BCUT2D eigenvalue weighted by Crippen LogP contribution is 2.43. The largest absolute Gasteiger partial charge is 0.411 e.